The Morgan fingerprint density at radius 1 is 1.33 bits per heavy atom. The second kappa shape index (κ2) is 3.74. The molecular formula is C16H24N2. The molecule has 1 aromatic carbocycles. The minimum Gasteiger partial charge on any atom is -0.371 e. The van der Waals surface area contributed by atoms with E-state index in [9.17, 15) is 0 Å². The van der Waals surface area contributed by atoms with E-state index in [1.807, 2.05) is 0 Å². The molecule has 2 N–H and O–H groups in total. The Bertz CT molecular complexity index is 472. The lowest BCUT2D eigenvalue weighted by molar-refractivity contribution is 0.391. The lowest BCUT2D eigenvalue weighted by atomic mass is 9.75. The maximum Gasteiger partial charge on any atom is 0.0399 e. The van der Waals surface area contributed by atoms with E-state index in [-0.39, 0.29) is 11.0 Å². The molecule has 0 amide bonds. The first-order chi connectivity index (χ1) is 8.48. The Balaban J connectivity index is 1.96. The molecule has 0 atom stereocenters. The third kappa shape index (κ3) is 1.58. The molecule has 2 nitrogen and oxygen atoms in total. The average molecular weight is 244 g/mol. The normalized spacial score (nSPS) is 21.0. The van der Waals surface area contributed by atoms with E-state index in [1.165, 1.54) is 29.8 Å². The van der Waals surface area contributed by atoms with Gasteiger partial charge in [-0.3, -0.25) is 0 Å². The fraction of sp³-hybridized carbons (Fsp3) is 0.625. The third-order valence-electron chi connectivity index (χ3n) is 5.21. The molecule has 3 rings (SSSR count). The van der Waals surface area contributed by atoms with Gasteiger partial charge in [-0.25, -0.2) is 0 Å². The van der Waals surface area contributed by atoms with E-state index in [4.69, 9.17) is 5.73 Å². The number of nitrogens with two attached hydrogens (primary N) is 1. The molecule has 18 heavy (non-hydrogen) atoms. The standard InChI is InChI=1S/C16H24N2/c1-4-18-10-7-12-11-13(5-6-14(12)18)15(2,3)16(17)8-9-16/h5-6,11H,4,7-10,17H2,1-3H3. The first-order valence-electron chi connectivity index (χ1n) is 7.15. The van der Waals surface area contributed by atoms with E-state index in [0.717, 1.165) is 19.4 Å². The minimum absolute atomic E-state index is 0.0320. The summed E-state index contributed by atoms with van der Waals surface area (Å²) in [6.45, 7) is 9.11. The Morgan fingerprint density at radius 2 is 2.06 bits per heavy atom. The van der Waals surface area contributed by atoms with Crippen molar-refractivity contribution < 1.29 is 0 Å². The van der Waals surface area contributed by atoms with Crippen LogP contribution in [0.4, 0.5) is 5.69 Å². The van der Waals surface area contributed by atoms with Gasteiger partial charge in [0.15, 0.2) is 0 Å². The van der Waals surface area contributed by atoms with Crippen LogP contribution in [0.25, 0.3) is 0 Å². The molecule has 2 heteroatoms. The first-order valence-corrected chi connectivity index (χ1v) is 7.15. The van der Waals surface area contributed by atoms with Gasteiger partial charge in [0.1, 0.15) is 0 Å². The van der Waals surface area contributed by atoms with Crippen molar-refractivity contribution in [3.05, 3.63) is 29.3 Å². The van der Waals surface area contributed by atoms with Crippen molar-refractivity contribution in [1.29, 1.82) is 0 Å². The number of fused-ring (bicyclic) bond motifs is 1. The number of rotatable bonds is 3. The molecule has 98 valence electrons. The molecule has 0 saturated heterocycles. The molecule has 1 aromatic rings. The smallest absolute Gasteiger partial charge is 0.0399 e. The van der Waals surface area contributed by atoms with Crippen LogP contribution in [0.5, 0.6) is 0 Å². The number of anilines is 1. The van der Waals surface area contributed by atoms with E-state index in [1.54, 1.807) is 0 Å². The van der Waals surface area contributed by atoms with E-state index < -0.39 is 0 Å². The third-order valence-corrected chi connectivity index (χ3v) is 5.21. The van der Waals surface area contributed by atoms with Crippen molar-refractivity contribution in [3.8, 4) is 0 Å². The molecule has 1 fully saturated rings. The summed E-state index contributed by atoms with van der Waals surface area (Å²) in [5, 5.41) is 0. The van der Waals surface area contributed by atoms with Gasteiger partial charge in [0.25, 0.3) is 0 Å². The van der Waals surface area contributed by atoms with Gasteiger partial charge in [-0.05, 0) is 43.4 Å². The second-order valence-corrected chi connectivity index (χ2v) is 6.45. The van der Waals surface area contributed by atoms with E-state index in [0.29, 0.717) is 0 Å². The summed E-state index contributed by atoms with van der Waals surface area (Å²) in [4.78, 5) is 2.46. The summed E-state index contributed by atoms with van der Waals surface area (Å²) in [5.74, 6) is 0. The van der Waals surface area contributed by atoms with Gasteiger partial charge in [-0.15, -0.1) is 0 Å². The molecule has 0 spiro atoms. The van der Waals surface area contributed by atoms with Gasteiger partial charge in [-0.2, -0.15) is 0 Å². The zero-order valence-electron chi connectivity index (χ0n) is 11.8. The van der Waals surface area contributed by atoms with Crippen LogP contribution >= 0.6 is 0 Å². The Labute approximate surface area is 110 Å². The van der Waals surface area contributed by atoms with Crippen molar-refractivity contribution in [1.82, 2.24) is 0 Å². The highest BCUT2D eigenvalue weighted by Gasteiger charge is 2.51. The van der Waals surface area contributed by atoms with Crippen LogP contribution in [0.2, 0.25) is 0 Å². The minimum atomic E-state index is 0.0320. The van der Waals surface area contributed by atoms with Crippen LogP contribution in [0.15, 0.2) is 18.2 Å². The van der Waals surface area contributed by atoms with Crippen LogP contribution in [0, 0.1) is 0 Å². The van der Waals surface area contributed by atoms with Gasteiger partial charge in [0.2, 0.25) is 0 Å². The topological polar surface area (TPSA) is 29.3 Å². The number of likely N-dealkylation sites (N-methyl/N-ethyl adjacent to an activating group) is 1. The fourth-order valence-electron chi connectivity index (χ4n) is 3.23. The van der Waals surface area contributed by atoms with Crippen LogP contribution in [0.1, 0.15) is 44.7 Å². The van der Waals surface area contributed by atoms with Crippen LogP contribution < -0.4 is 10.6 Å². The highest BCUT2D eigenvalue weighted by atomic mass is 15.1. The summed E-state index contributed by atoms with van der Waals surface area (Å²) in [7, 11) is 0. The molecule has 1 saturated carbocycles. The summed E-state index contributed by atoms with van der Waals surface area (Å²) in [5.41, 5.74) is 10.9. The van der Waals surface area contributed by atoms with Crippen molar-refractivity contribution in [2.75, 3.05) is 18.0 Å². The molecule has 0 aromatic heterocycles. The van der Waals surface area contributed by atoms with E-state index in [2.05, 4.69) is 43.9 Å². The average Bonchev–Trinajstić information content (AvgIpc) is 2.99. The molecule has 1 heterocycles. The van der Waals surface area contributed by atoms with Crippen molar-refractivity contribution in [2.45, 2.75) is 51.0 Å². The summed E-state index contributed by atoms with van der Waals surface area (Å²) in [6.07, 6.45) is 3.51. The lowest BCUT2D eigenvalue weighted by Gasteiger charge is -2.33. The van der Waals surface area contributed by atoms with Gasteiger partial charge >= 0.3 is 0 Å². The van der Waals surface area contributed by atoms with Crippen LogP contribution in [-0.2, 0) is 11.8 Å². The van der Waals surface area contributed by atoms with Crippen molar-refractivity contribution in [3.63, 3.8) is 0 Å². The molecule has 2 aliphatic rings. The second-order valence-electron chi connectivity index (χ2n) is 6.45. The Hall–Kier alpha value is -1.02. The Kier molecular flexibility index (Phi) is 2.50. The highest BCUT2D eigenvalue weighted by Crippen LogP contribution is 2.49. The predicted molar refractivity (Wildman–Crippen MR) is 77.2 cm³/mol. The molecule has 1 aliphatic carbocycles. The summed E-state index contributed by atoms with van der Waals surface area (Å²) >= 11 is 0. The lowest BCUT2D eigenvalue weighted by Crippen LogP contribution is -2.43. The molecular weight excluding hydrogens is 220 g/mol. The maximum absolute atomic E-state index is 6.44. The summed E-state index contributed by atoms with van der Waals surface area (Å²) < 4.78 is 0. The van der Waals surface area contributed by atoms with Crippen LogP contribution in [-0.4, -0.2) is 18.6 Å². The van der Waals surface area contributed by atoms with Gasteiger partial charge in [0.05, 0.1) is 0 Å². The number of benzene rings is 1. The Morgan fingerprint density at radius 3 is 2.67 bits per heavy atom. The zero-order chi connectivity index (χ0) is 13.0. The first kappa shape index (κ1) is 12.0. The fourth-order valence-corrected chi connectivity index (χ4v) is 3.23. The molecule has 1 aliphatic heterocycles. The largest absolute Gasteiger partial charge is 0.371 e. The molecule has 0 unspecified atom stereocenters. The predicted octanol–water partition coefficient (Wildman–Crippen LogP) is 2.84. The van der Waals surface area contributed by atoms with Gasteiger partial charge in [-0.1, -0.05) is 26.0 Å². The number of hydrogen-bond acceptors (Lipinski definition) is 2. The molecule has 0 radical (unpaired) electrons. The van der Waals surface area contributed by atoms with E-state index >= 15 is 0 Å². The highest BCUT2D eigenvalue weighted by molar-refractivity contribution is 5.60. The van der Waals surface area contributed by atoms with Gasteiger partial charge < -0.3 is 10.6 Å². The van der Waals surface area contributed by atoms with Crippen molar-refractivity contribution in [2.24, 2.45) is 5.73 Å². The molecule has 0 bridgehead atoms. The van der Waals surface area contributed by atoms with Crippen LogP contribution in [0.3, 0.4) is 0 Å². The number of nitrogens with zero attached hydrogens (tertiary/aromatic N) is 1. The number of hydrogen-bond donors (Lipinski definition) is 1. The zero-order valence-corrected chi connectivity index (χ0v) is 11.8. The van der Waals surface area contributed by atoms with Gasteiger partial charge in [0, 0.05) is 29.7 Å². The van der Waals surface area contributed by atoms with Crippen molar-refractivity contribution >= 4 is 5.69 Å². The quantitative estimate of drug-likeness (QED) is 0.886. The monoisotopic (exact) mass is 244 g/mol. The SMILES string of the molecule is CCN1CCc2cc(C(C)(C)C3(N)CC3)ccc21. The summed E-state index contributed by atoms with van der Waals surface area (Å²) in [6, 6.07) is 6.99. The maximum atomic E-state index is 6.44.